The first-order valence-electron chi connectivity index (χ1n) is 33.9. The van der Waals surface area contributed by atoms with E-state index in [1.54, 1.807) is 12.1 Å². The van der Waals surface area contributed by atoms with Crippen LogP contribution in [0.2, 0.25) is 0 Å². The molecule has 0 unspecified atom stereocenters. The number of aromatic nitrogens is 4. The van der Waals surface area contributed by atoms with Crippen molar-refractivity contribution < 1.29 is 119 Å². The van der Waals surface area contributed by atoms with Gasteiger partial charge in [0, 0.05) is 84.6 Å². The summed E-state index contributed by atoms with van der Waals surface area (Å²) in [6.07, 6.45) is 17.6. The predicted molar refractivity (Wildman–Crippen MR) is 413 cm³/mol. The van der Waals surface area contributed by atoms with Crippen LogP contribution in [0.3, 0.4) is 0 Å². The Morgan fingerprint density at radius 2 is 0.336 bits per heavy atom. The van der Waals surface area contributed by atoms with Gasteiger partial charge in [0.25, 0.3) is 0 Å². The van der Waals surface area contributed by atoms with Crippen molar-refractivity contribution in [3.63, 3.8) is 0 Å². The minimum absolute atomic E-state index is 0.821. The van der Waals surface area contributed by atoms with Crippen molar-refractivity contribution in [2.45, 2.75) is 40.0 Å². The summed E-state index contributed by atoms with van der Waals surface area (Å²) in [6.45, 7) is 6.15. The summed E-state index contributed by atoms with van der Waals surface area (Å²) >= 11 is 0. The Morgan fingerprint density at radius 3 is 0.491 bits per heavy atom. The summed E-state index contributed by atoms with van der Waals surface area (Å²) < 4.78 is 246. The largest absolute Gasteiger partial charge is 0.201 e. The van der Waals surface area contributed by atoms with Gasteiger partial charge in [0.15, 0.2) is 75.8 Å². The van der Waals surface area contributed by atoms with Crippen molar-refractivity contribution in [3.8, 4) is 56.6 Å². The summed E-state index contributed by atoms with van der Waals surface area (Å²) in [5, 5.41) is 29.9. The van der Waals surface area contributed by atoms with Crippen molar-refractivity contribution in [3.05, 3.63) is 327 Å². The number of fused-ring (bicyclic) bond motifs is 2. The van der Waals surface area contributed by atoms with Crippen LogP contribution in [0.1, 0.15) is 36.1 Å². The maximum atomic E-state index is 9.87. The zero-order valence-corrected chi connectivity index (χ0v) is 63.8. The molecule has 4 aromatic heterocycles. The van der Waals surface area contributed by atoms with Gasteiger partial charge in [0.1, 0.15) is 0 Å². The van der Waals surface area contributed by atoms with Crippen molar-refractivity contribution >= 4 is 95.9 Å². The van der Waals surface area contributed by atoms with Crippen molar-refractivity contribution in [1.29, 1.82) is 10.5 Å². The van der Waals surface area contributed by atoms with Crippen LogP contribution >= 0.6 is 31.2 Å². The Labute approximate surface area is 645 Å². The van der Waals surface area contributed by atoms with Gasteiger partial charge in [-0.25, -0.2) is 18.3 Å². The second-order valence-corrected chi connectivity index (χ2v) is 34.1. The molecule has 116 heavy (non-hydrogen) atoms. The summed E-state index contributed by atoms with van der Waals surface area (Å²) in [6, 6.07) is 97.5. The number of pyridine rings is 4. The summed E-state index contributed by atoms with van der Waals surface area (Å²) in [5.41, 5.74) is 14.9. The molecule has 0 amide bonds. The number of hydrogen-bond acceptors (Lipinski definition) is 2. The quantitative estimate of drug-likeness (QED) is 0.0657. The van der Waals surface area contributed by atoms with E-state index in [4.69, 9.17) is 10.5 Å². The third kappa shape index (κ3) is 33.2. The second-order valence-electron chi connectivity index (χ2n) is 26.4. The number of benzene rings is 11. The molecule has 0 atom stereocenters. The first-order chi connectivity index (χ1) is 53.1. The average molecular weight is 1710 g/mol. The first-order valence-corrected chi connectivity index (χ1v) is 42.1. The van der Waals surface area contributed by atoms with Crippen molar-refractivity contribution in [2.75, 3.05) is 0 Å². The summed E-state index contributed by atoms with van der Waals surface area (Å²) in [4.78, 5) is 0. The first kappa shape index (κ1) is 88.5. The molecule has 11 aromatic carbocycles. The van der Waals surface area contributed by atoms with E-state index in [9.17, 15) is 101 Å². The van der Waals surface area contributed by atoms with Gasteiger partial charge in [-0.1, -0.05) is 146 Å². The second kappa shape index (κ2) is 30.7. The minimum Gasteiger partial charge on any atom is -0.201 e. The van der Waals surface area contributed by atoms with Crippen LogP contribution in [-0.2, 0) is 26.2 Å². The fraction of sp³-hybridized carbons (Fsp3) is 0.0732. The SMILES string of the molecule is CC#N.CC#N.F[P-](F)(F)(F)(F)F.F[P-](F)(F)(F)(F)F.F[P-](F)(F)(F)(F)F.F[P-](F)(F)(F)(F)F.c1cc2ccc1C[n+]1ccc(cc1)-c1ccc3cc4cc(ccc4cc3c1)-c1cc[n+](cc1)Cc1ccc(cc1)C[n+]1ccc(cc1)-c1ccc3cc4cc(ccc4cc3c1)-c1cc[n+](cc1)C2.c1ccc2cc3ccccc3cc2c1. The van der Waals surface area contributed by atoms with Gasteiger partial charge in [-0.2, -0.15) is 10.5 Å². The maximum absolute atomic E-state index is 10.7. The molecular weight excluding hydrogens is 1650 g/mol. The smallest absolute Gasteiger partial charge is 0.173 e. The van der Waals surface area contributed by atoms with Crippen LogP contribution in [0.5, 0.6) is 0 Å². The molecule has 34 heterocycles. The Bertz CT molecular complexity index is 5390. The Hall–Kier alpha value is -11.4. The van der Waals surface area contributed by atoms with E-state index < -0.39 is 31.2 Å². The zero-order chi connectivity index (χ0) is 85.4. The molecule has 30 aliphatic heterocycles. The molecule has 610 valence electrons. The number of hydrogen-bond donors (Lipinski definition) is 0. The predicted octanol–water partition coefficient (Wildman–Crippen LogP) is 31.2. The van der Waals surface area contributed by atoms with Crippen LogP contribution in [0.15, 0.2) is 304 Å². The monoisotopic (exact) mass is 1710 g/mol. The van der Waals surface area contributed by atoms with Gasteiger partial charge in [0.05, 0.1) is 12.1 Å². The minimum atomic E-state index is -10.7. The molecule has 0 spiro atoms. The van der Waals surface area contributed by atoms with E-state index >= 15 is 0 Å². The molecule has 30 aliphatic rings. The molecule has 45 rings (SSSR count). The summed E-state index contributed by atoms with van der Waals surface area (Å²) in [7, 11) is -42.6. The van der Waals surface area contributed by atoms with Gasteiger partial charge in [-0.15, -0.1) is 0 Å². The molecule has 0 saturated carbocycles. The van der Waals surface area contributed by atoms with Crippen molar-refractivity contribution in [2.24, 2.45) is 0 Å². The van der Waals surface area contributed by atoms with Gasteiger partial charge in [-0.3, -0.25) is 0 Å². The van der Waals surface area contributed by atoms with Crippen LogP contribution in [-0.4, -0.2) is 0 Å². The molecule has 0 radical (unpaired) electrons. The summed E-state index contributed by atoms with van der Waals surface area (Å²) in [5.74, 6) is 0. The van der Waals surface area contributed by atoms with E-state index in [1.165, 1.54) is 145 Å². The normalized spacial score (nSPS) is 14.3. The number of rotatable bonds is 0. The molecule has 0 aliphatic carbocycles. The van der Waals surface area contributed by atoms with Crippen LogP contribution in [0.4, 0.5) is 101 Å². The van der Waals surface area contributed by atoms with Gasteiger partial charge >= 0.3 is 132 Å². The number of nitriles is 2. The number of halogens is 24. The fourth-order valence-electron chi connectivity index (χ4n) is 12.0. The van der Waals surface area contributed by atoms with Crippen LogP contribution in [0.25, 0.3) is 109 Å². The fourth-order valence-corrected chi connectivity index (χ4v) is 12.0. The van der Waals surface area contributed by atoms with Crippen LogP contribution in [0, 0.1) is 22.7 Å². The van der Waals surface area contributed by atoms with Gasteiger partial charge in [-0.05, 0) is 170 Å². The molecule has 34 heteroatoms. The van der Waals surface area contributed by atoms with E-state index in [0.717, 1.165) is 26.2 Å². The topological polar surface area (TPSA) is 63.1 Å². The van der Waals surface area contributed by atoms with Crippen LogP contribution < -0.4 is 18.3 Å². The average Bonchev–Trinajstić information content (AvgIpc) is 0.798. The molecule has 0 fully saturated rings. The van der Waals surface area contributed by atoms with Crippen molar-refractivity contribution in [1.82, 2.24) is 0 Å². The Morgan fingerprint density at radius 1 is 0.198 bits per heavy atom. The zero-order valence-electron chi connectivity index (χ0n) is 60.2. The third-order valence-electron chi connectivity index (χ3n) is 16.6. The molecule has 24 bridgehead atoms. The number of nitrogens with zero attached hydrogens (tertiary/aromatic N) is 6. The van der Waals surface area contributed by atoms with E-state index in [0.29, 0.717) is 0 Å². The van der Waals surface area contributed by atoms with Gasteiger partial charge in [0.2, 0.25) is 0 Å². The van der Waals surface area contributed by atoms with Gasteiger partial charge < -0.3 is 0 Å². The molecule has 6 nitrogen and oxygen atoms in total. The molecule has 15 aromatic rings. The Kier molecular flexibility index (Phi) is 23.4. The van der Waals surface area contributed by atoms with E-state index in [2.05, 4.69) is 323 Å². The molecule has 0 N–H and O–H groups in total. The van der Waals surface area contributed by atoms with E-state index in [1.807, 2.05) is 0 Å². The molecular formula is C82H64F24N6P4. The standard InChI is InChI=1S/C64H48N4.C14H10.2C2H3N.4F6P/c1-2-46-4-3-45(1)41-65-25-17-49(18-26-65)53-9-13-57-38-63-35-55(11-15-59(63)37-61(57)33-53)51-21-29-67(30-22-51)43-47-5-7-48(8-6-47)44-68-31-23-52(24-32-68)56-12-16-60-39-62-34-54(10-14-58(62)40-64(60)36-56)50-19-27-66(42-46)28-20-50;1-2-6-12-10-14-8-4-3-7-13(14)9-11(12)5-1;2*1-2-3;4*1-7(2,3,4,5)6/h1-40H,41-44H2;1-10H;2*1H3;;;;/q+4;;;;4*-1. The van der Waals surface area contributed by atoms with E-state index in [-0.39, 0.29) is 0 Å². The molecule has 0 saturated heterocycles. The Balaban J connectivity index is 0.000000258. The third-order valence-corrected chi connectivity index (χ3v) is 16.6. The maximum Gasteiger partial charge on any atom is 0.173 e.